The lowest BCUT2D eigenvalue weighted by Gasteiger charge is -2.35. The highest BCUT2D eigenvalue weighted by molar-refractivity contribution is 7.99. The van der Waals surface area contributed by atoms with Crippen molar-refractivity contribution in [1.82, 2.24) is 19.9 Å². The van der Waals surface area contributed by atoms with Crippen LogP contribution in [0.1, 0.15) is 0 Å². The Morgan fingerprint density at radius 1 is 1.00 bits per heavy atom. The normalized spacial score (nSPS) is 14.2. The number of nitrogens with one attached hydrogen (secondary N) is 1. The molecule has 0 aromatic carbocycles. The SMILES string of the molecule is O=C(CSc1nc(-c2cccs2)c(-c2cccs2)[nH]1)N1CCN(c2ccccn2)CC1. The third-order valence-corrected chi connectivity index (χ3v) is 7.76. The van der Waals surface area contributed by atoms with Gasteiger partial charge in [-0.25, -0.2) is 9.97 Å². The predicted octanol–water partition coefficient (Wildman–Crippen LogP) is 4.70. The number of amides is 1. The number of pyridine rings is 1. The van der Waals surface area contributed by atoms with E-state index in [-0.39, 0.29) is 5.91 Å². The molecule has 1 aliphatic rings. The van der Waals surface area contributed by atoms with Crippen molar-refractivity contribution in [3.05, 3.63) is 59.4 Å². The van der Waals surface area contributed by atoms with Crippen LogP contribution in [0.3, 0.4) is 0 Å². The summed E-state index contributed by atoms with van der Waals surface area (Å²) in [6.07, 6.45) is 1.81. The van der Waals surface area contributed by atoms with Gasteiger partial charge in [-0.15, -0.1) is 22.7 Å². The second-order valence-corrected chi connectivity index (χ2v) is 9.92. The van der Waals surface area contributed by atoms with E-state index >= 15 is 0 Å². The monoisotopic (exact) mass is 467 g/mol. The van der Waals surface area contributed by atoms with Gasteiger partial charge >= 0.3 is 0 Å². The fourth-order valence-corrected chi connectivity index (χ4v) is 5.78. The molecular formula is C22H21N5OS3. The molecule has 0 unspecified atom stereocenters. The molecule has 0 aliphatic carbocycles. The zero-order valence-electron chi connectivity index (χ0n) is 16.7. The Labute approximate surface area is 193 Å². The number of thiophene rings is 2. The Morgan fingerprint density at radius 2 is 1.77 bits per heavy atom. The Kier molecular flexibility index (Phi) is 6.06. The summed E-state index contributed by atoms with van der Waals surface area (Å²) in [5.74, 6) is 1.50. The van der Waals surface area contributed by atoms with Gasteiger partial charge in [0.25, 0.3) is 0 Å². The maximum absolute atomic E-state index is 12.8. The van der Waals surface area contributed by atoms with E-state index in [1.807, 2.05) is 41.4 Å². The highest BCUT2D eigenvalue weighted by Gasteiger charge is 2.23. The zero-order valence-corrected chi connectivity index (χ0v) is 19.2. The average molecular weight is 468 g/mol. The Balaban J connectivity index is 1.22. The largest absolute Gasteiger partial charge is 0.353 e. The summed E-state index contributed by atoms with van der Waals surface area (Å²) in [5, 5.41) is 4.91. The molecule has 9 heteroatoms. The molecule has 0 radical (unpaired) electrons. The maximum atomic E-state index is 12.8. The molecule has 4 aromatic rings. The van der Waals surface area contributed by atoms with Crippen LogP contribution >= 0.6 is 34.4 Å². The van der Waals surface area contributed by atoms with Gasteiger partial charge in [0.15, 0.2) is 5.16 Å². The summed E-state index contributed by atoms with van der Waals surface area (Å²) in [6, 6.07) is 14.2. The minimum Gasteiger partial charge on any atom is -0.353 e. The molecule has 1 N–H and O–H groups in total. The molecule has 6 nitrogen and oxygen atoms in total. The van der Waals surface area contributed by atoms with E-state index in [0.29, 0.717) is 5.75 Å². The van der Waals surface area contributed by atoms with E-state index in [9.17, 15) is 4.79 Å². The van der Waals surface area contributed by atoms with Crippen LogP contribution < -0.4 is 4.90 Å². The molecule has 1 amide bonds. The van der Waals surface area contributed by atoms with Crippen molar-refractivity contribution in [3.63, 3.8) is 0 Å². The molecule has 0 spiro atoms. The van der Waals surface area contributed by atoms with Crippen LogP contribution in [0.2, 0.25) is 0 Å². The number of nitrogens with zero attached hydrogens (tertiary/aromatic N) is 4. The lowest BCUT2D eigenvalue weighted by molar-refractivity contribution is -0.128. The fraction of sp³-hybridized carbons (Fsp3) is 0.227. The minimum atomic E-state index is 0.150. The Morgan fingerprint density at radius 3 is 2.45 bits per heavy atom. The molecule has 1 aliphatic heterocycles. The van der Waals surface area contributed by atoms with Crippen molar-refractivity contribution >= 4 is 46.2 Å². The number of rotatable bonds is 6. The van der Waals surface area contributed by atoms with Gasteiger partial charge < -0.3 is 14.8 Å². The first-order valence-electron chi connectivity index (χ1n) is 10.0. The van der Waals surface area contributed by atoms with E-state index in [4.69, 9.17) is 4.98 Å². The van der Waals surface area contributed by atoms with Crippen molar-refractivity contribution in [2.24, 2.45) is 0 Å². The van der Waals surface area contributed by atoms with Crippen molar-refractivity contribution in [2.75, 3.05) is 36.8 Å². The van der Waals surface area contributed by atoms with Crippen LogP contribution in [0.15, 0.2) is 64.6 Å². The standard InChI is InChI=1S/C22H21N5OS3/c28-19(27-11-9-26(10-12-27)18-7-1-2-8-23-18)15-31-22-24-20(16-5-3-13-29-16)21(25-22)17-6-4-14-30-17/h1-8,13-14H,9-12,15H2,(H,24,25). The summed E-state index contributed by atoms with van der Waals surface area (Å²) in [7, 11) is 0. The molecule has 0 bridgehead atoms. The average Bonchev–Trinajstić information content (AvgIpc) is 3.59. The van der Waals surface area contributed by atoms with Crippen molar-refractivity contribution < 1.29 is 4.79 Å². The molecule has 0 saturated carbocycles. The zero-order chi connectivity index (χ0) is 21.0. The third-order valence-electron chi connectivity index (χ3n) is 5.14. The van der Waals surface area contributed by atoms with Gasteiger partial charge in [0.2, 0.25) is 5.91 Å². The fourth-order valence-electron chi connectivity index (χ4n) is 3.56. The van der Waals surface area contributed by atoms with E-state index in [1.165, 1.54) is 11.8 Å². The number of aromatic nitrogens is 3. The number of piperazine rings is 1. The Hall–Kier alpha value is -2.62. The van der Waals surface area contributed by atoms with Crippen LogP contribution in [0.25, 0.3) is 21.1 Å². The smallest absolute Gasteiger partial charge is 0.233 e. The first-order chi connectivity index (χ1) is 15.3. The van der Waals surface area contributed by atoms with Crippen LogP contribution in [0.4, 0.5) is 5.82 Å². The van der Waals surface area contributed by atoms with E-state index in [0.717, 1.165) is 58.3 Å². The topological polar surface area (TPSA) is 65.1 Å². The molecular weight excluding hydrogens is 446 g/mol. The minimum absolute atomic E-state index is 0.150. The van der Waals surface area contributed by atoms with Crippen LogP contribution in [-0.4, -0.2) is 57.7 Å². The molecule has 158 valence electrons. The first-order valence-corrected chi connectivity index (χ1v) is 12.8. The van der Waals surface area contributed by atoms with Gasteiger partial charge in [-0.05, 0) is 35.0 Å². The summed E-state index contributed by atoms with van der Waals surface area (Å²) in [6.45, 7) is 3.04. The molecule has 0 atom stereocenters. The van der Waals surface area contributed by atoms with E-state index in [2.05, 4.69) is 37.8 Å². The highest BCUT2D eigenvalue weighted by Crippen LogP contribution is 2.36. The van der Waals surface area contributed by atoms with Gasteiger partial charge in [0, 0.05) is 32.4 Å². The lowest BCUT2D eigenvalue weighted by atomic mass is 10.2. The molecule has 1 fully saturated rings. The number of thioether (sulfide) groups is 1. The number of hydrogen-bond donors (Lipinski definition) is 1. The van der Waals surface area contributed by atoms with Crippen molar-refractivity contribution in [2.45, 2.75) is 5.16 Å². The lowest BCUT2D eigenvalue weighted by Crippen LogP contribution is -2.49. The quantitative estimate of drug-likeness (QED) is 0.416. The second kappa shape index (κ2) is 9.25. The number of carbonyl (C=O) groups is 1. The molecule has 4 aromatic heterocycles. The molecule has 1 saturated heterocycles. The van der Waals surface area contributed by atoms with Gasteiger partial charge in [0.05, 0.1) is 21.2 Å². The first kappa shape index (κ1) is 20.3. The van der Waals surface area contributed by atoms with Gasteiger partial charge in [-0.2, -0.15) is 0 Å². The van der Waals surface area contributed by atoms with E-state index in [1.54, 1.807) is 22.7 Å². The maximum Gasteiger partial charge on any atom is 0.233 e. The third kappa shape index (κ3) is 4.53. The molecule has 5 heterocycles. The van der Waals surface area contributed by atoms with Gasteiger partial charge in [-0.3, -0.25) is 4.79 Å². The van der Waals surface area contributed by atoms with Crippen LogP contribution in [0.5, 0.6) is 0 Å². The van der Waals surface area contributed by atoms with Crippen molar-refractivity contribution in [1.29, 1.82) is 0 Å². The van der Waals surface area contributed by atoms with Crippen LogP contribution in [0, 0.1) is 0 Å². The number of hydrogen-bond acceptors (Lipinski definition) is 7. The van der Waals surface area contributed by atoms with Crippen molar-refractivity contribution in [3.8, 4) is 21.1 Å². The number of imidazole rings is 1. The highest BCUT2D eigenvalue weighted by atomic mass is 32.2. The van der Waals surface area contributed by atoms with Crippen LogP contribution in [-0.2, 0) is 4.79 Å². The summed E-state index contributed by atoms with van der Waals surface area (Å²) in [5.41, 5.74) is 1.98. The summed E-state index contributed by atoms with van der Waals surface area (Å²) in [4.78, 5) is 31.9. The number of H-pyrrole nitrogens is 1. The van der Waals surface area contributed by atoms with Gasteiger partial charge in [0.1, 0.15) is 11.5 Å². The number of anilines is 1. The predicted molar refractivity (Wildman–Crippen MR) is 129 cm³/mol. The molecule has 31 heavy (non-hydrogen) atoms. The number of aromatic amines is 1. The van der Waals surface area contributed by atoms with Gasteiger partial charge in [-0.1, -0.05) is 30.0 Å². The summed E-state index contributed by atoms with van der Waals surface area (Å²) >= 11 is 4.83. The number of carbonyl (C=O) groups excluding carboxylic acids is 1. The van der Waals surface area contributed by atoms with E-state index < -0.39 is 0 Å². The molecule has 5 rings (SSSR count). The Bertz CT molecular complexity index is 1070. The summed E-state index contributed by atoms with van der Waals surface area (Å²) < 4.78 is 0. The second-order valence-electron chi connectivity index (χ2n) is 7.06.